The second-order valence-corrected chi connectivity index (χ2v) is 6.27. The van der Waals surface area contributed by atoms with Crippen LogP contribution in [-0.4, -0.2) is 22.4 Å². The maximum absolute atomic E-state index is 4.55. The number of aromatic nitrogens is 2. The van der Waals surface area contributed by atoms with Crippen LogP contribution in [0.2, 0.25) is 0 Å². The Kier molecular flexibility index (Phi) is 3.81. The molecule has 1 heterocycles. The zero-order valence-electron chi connectivity index (χ0n) is 12.5. The highest BCUT2D eigenvalue weighted by atomic mass is 15.3. The Bertz CT molecular complexity index is 406. The number of aryl methyl sites for hydroxylation is 2. The second kappa shape index (κ2) is 5.04. The van der Waals surface area contributed by atoms with E-state index in [2.05, 4.69) is 55.9 Å². The van der Waals surface area contributed by atoms with Crippen LogP contribution >= 0.6 is 0 Å². The molecule has 2 unspecified atom stereocenters. The van der Waals surface area contributed by atoms with E-state index in [9.17, 15) is 0 Å². The maximum atomic E-state index is 4.55. The molecule has 1 fully saturated rings. The molecule has 1 aromatic rings. The third-order valence-corrected chi connectivity index (χ3v) is 4.36. The van der Waals surface area contributed by atoms with Gasteiger partial charge in [0.2, 0.25) is 0 Å². The standard InChI is InChI=1S/C15H27N3/c1-6-11-8-12(18(5)17-11)9-14(16-7-2)13-10-15(13,3)4/h8,13-14,16H,6-7,9-10H2,1-5H3. The first kappa shape index (κ1) is 13.6. The van der Waals surface area contributed by atoms with Crippen molar-refractivity contribution in [3.05, 3.63) is 17.5 Å². The summed E-state index contributed by atoms with van der Waals surface area (Å²) in [5.41, 5.74) is 3.09. The molecule has 1 saturated carbocycles. The summed E-state index contributed by atoms with van der Waals surface area (Å²) in [5.74, 6) is 0.817. The Balaban J connectivity index is 2.06. The van der Waals surface area contributed by atoms with E-state index in [4.69, 9.17) is 0 Å². The van der Waals surface area contributed by atoms with Crippen LogP contribution < -0.4 is 5.32 Å². The van der Waals surface area contributed by atoms with Crippen LogP contribution in [0.5, 0.6) is 0 Å². The Labute approximate surface area is 111 Å². The topological polar surface area (TPSA) is 29.9 Å². The van der Waals surface area contributed by atoms with Crippen molar-refractivity contribution in [3.8, 4) is 0 Å². The van der Waals surface area contributed by atoms with Crippen LogP contribution in [0.3, 0.4) is 0 Å². The predicted octanol–water partition coefficient (Wildman–Crippen LogP) is 2.55. The monoisotopic (exact) mass is 249 g/mol. The molecule has 1 aliphatic carbocycles. The third kappa shape index (κ3) is 2.77. The van der Waals surface area contributed by atoms with Gasteiger partial charge in [-0.05, 0) is 36.8 Å². The molecule has 1 N–H and O–H groups in total. The summed E-state index contributed by atoms with van der Waals surface area (Å²) in [6, 6.07) is 2.87. The Morgan fingerprint density at radius 2 is 2.17 bits per heavy atom. The van der Waals surface area contributed by atoms with E-state index in [1.807, 2.05) is 0 Å². The van der Waals surface area contributed by atoms with Gasteiger partial charge in [0.1, 0.15) is 0 Å². The fourth-order valence-corrected chi connectivity index (χ4v) is 2.97. The summed E-state index contributed by atoms with van der Waals surface area (Å²) in [6.07, 6.45) is 3.48. The lowest BCUT2D eigenvalue weighted by atomic mass is 9.99. The molecule has 3 heteroatoms. The lowest BCUT2D eigenvalue weighted by Gasteiger charge is -2.19. The van der Waals surface area contributed by atoms with Gasteiger partial charge in [0.05, 0.1) is 5.69 Å². The number of rotatable bonds is 6. The molecule has 0 aromatic carbocycles. The van der Waals surface area contributed by atoms with Crippen LogP contribution in [0.4, 0.5) is 0 Å². The Hall–Kier alpha value is -0.830. The SMILES string of the molecule is CCNC(Cc1cc(CC)nn1C)C1CC1(C)C. The van der Waals surface area contributed by atoms with Crippen molar-refractivity contribution in [2.24, 2.45) is 18.4 Å². The van der Waals surface area contributed by atoms with Gasteiger partial charge in [0.25, 0.3) is 0 Å². The van der Waals surface area contributed by atoms with Gasteiger partial charge in [-0.25, -0.2) is 0 Å². The van der Waals surface area contributed by atoms with Gasteiger partial charge in [0.15, 0.2) is 0 Å². The number of hydrogen-bond acceptors (Lipinski definition) is 2. The average molecular weight is 249 g/mol. The molecule has 1 aliphatic rings. The van der Waals surface area contributed by atoms with Crippen LogP contribution in [-0.2, 0) is 19.9 Å². The maximum Gasteiger partial charge on any atom is 0.0624 e. The van der Waals surface area contributed by atoms with Gasteiger partial charge in [0, 0.05) is 25.2 Å². The molecule has 102 valence electrons. The summed E-state index contributed by atoms with van der Waals surface area (Å²) < 4.78 is 2.05. The molecular weight excluding hydrogens is 222 g/mol. The smallest absolute Gasteiger partial charge is 0.0624 e. The molecule has 2 rings (SSSR count). The summed E-state index contributed by atoms with van der Waals surface area (Å²) in [4.78, 5) is 0. The van der Waals surface area contributed by atoms with Gasteiger partial charge in [-0.2, -0.15) is 5.10 Å². The van der Waals surface area contributed by atoms with Crippen molar-refractivity contribution in [1.29, 1.82) is 0 Å². The zero-order valence-corrected chi connectivity index (χ0v) is 12.5. The van der Waals surface area contributed by atoms with Crippen molar-refractivity contribution < 1.29 is 0 Å². The Morgan fingerprint density at radius 3 is 2.61 bits per heavy atom. The number of nitrogens with zero attached hydrogens (tertiary/aromatic N) is 2. The molecule has 0 saturated heterocycles. The molecule has 0 radical (unpaired) electrons. The first-order valence-electron chi connectivity index (χ1n) is 7.23. The molecule has 1 aromatic heterocycles. The average Bonchev–Trinajstić information content (AvgIpc) is 2.79. The molecular formula is C15H27N3. The largest absolute Gasteiger partial charge is 0.314 e. The van der Waals surface area contributed by atoms with E-state index in [-0.39, 0.29) is 0 Å². The highest BCUT2D eigenvalue weighted by molar-refractivity contribution is 5.14. The van der Waals surface area contributed by atoms with Crippen LogP contribution in [0.25, 0.3) is 0 Å². The number of hydrogen-bond donors (Lipinski definition) is 1. The minimum absolute atomic E-state index is 0.527. The Morgan fingerprint density at radius 1 is 1.50 bits per heavy atom. The van der Waals surface area contributed by atoms with Gasteiger partial charge in [-0.3, -0.25) is 4.68 Å². The van der Waals surface area contributed by atoms with Crippen LogP contribution in [0, 0.1) is 11.3 Å². The fraction of sp³-hybridized carbons (Fsp3) is 0.800. The lowest BCUT2D eigenvalue weighted by molar-refractivity contribution is 0.402. The highest BCUT2D eigenvalue weighted by Crippen LogP contribution is 2.54. The zero-order chi connectivity index (χ0) is 13.3. The third-order valence-electron chi connectivity index (χ3n) is 4.36. The molecule has 2 atom stereocenters. The summed E-state index contributed by atoms with van der Waals surface area (Å²) >= 11 is 0. The normalized spacial score (nSPS) is 23.1. The van der Waals surface area contributed by atoms with E-state index in [0.717, 1.165) is 25.3 Å². The second-order valence-electron chi connectivity index (χ2n) is 6.27. The minimum atomic E-state index is 0.527. The summed E-state index contributed by atoms with van der Waals surface area (Å²) in [6.45, 7) is 10.2. The molecule has 3 nitrogen and oxygen atoms in total. The van der Waals surface area contributed by atoms with E-state index in [0.29, 0.717) is 11.5 Å². The molecule has 0 bridgehead atoms. The van der Waals surface area contributed by atoms with Gasteiger partial charge < -0.3 is 5.32 Å². The van der Waals surface area contributed by atoms with E-state index < -0.39 is 0 Å². The van der Waals surface area contributed by atoms with Crippen molar-refractivity contribution in [2.45, 2.75) is 53.0 Å². The van der Waals surface area contributed by atoms with E-state index in [1.54, 1.807) is 0 Å². The van der Waals surface area contributed by atoms with E-state index in [1.165, 1.54) is 17.8 Å². The van der Waals surface area contributed by atoms with Gasteiger partial charge in [-0.1, -0.05) is 27.7 Å². The van der Waals surface area contributed by atoms with Crippen molar-refractivity contribution in [1.82, 2.24) is 15.1 Å². The predicted molar refractivity (Wildman–Crippen MR) is 75.6 cm³/mol. The van der Waals surface area contributed by atoms with Crippen molar-refractivity contribution >= 4 is 0 Å². The van der Waals surface area contributed by atoms with E-state index >= 15 is 0 Å². The van der Waals surface area contributed by atoms with Gasteiger partial charge in [-0.15, -0.1) is 0 Å². The van der Waals surface area contributed by atoms with Crippen LogP contribution in [0.15, 0.2) is 6.07 Å². The lowest BCUT2D eigenvalue weighted by Crippen LogP contribution is -2.35. The van der Waals surface area contributed by atoms with Crippen molar-refractivity contribution in [2.75, 3.05) is 6.54 Å². The van der Waals surface area contributed by atoms with Gasteiger partial charge >= 0.3 is 0 Å². The minimum Gasteiger partial charge on any atom is -0.314 e. The first-order chi connectivity index (χ1) is 8.47. The fourth-order valence-electron chi connectivity index (χ4n) is 2.97. The molecule has 0 aliphatic heterocycles. The van der Waals surface area contributed by atoms with Crippen molar-refractivity contribution in [3.63, 3.8) is 0 Å². The summed E-state index contributed by atoms with van der Waals surface area (Å²) in [5, 5.41) is 8.21. The quantitative estimate of drug-likeness (QED) is 0.839. The molecule has 0 spiro atoms. The number of nitrogens with one attached hydrogen (secondary N) is 1. The highest BCUT2D eigenvalue weighted by Gasteiger charge is 2.49. The van der Waals surface area contributed by atoms with Crippen LogP contribution in [0.1, 0.15) is 45.5 Å². The molecule has 18 heavy (non-hydrogen) atoms. The summed E-state index contributed by atoms with van der Waals surface area (Å²) in [7, 11) is 2.07. The molecule has 0 amide bonds. The first-order valence-corrected chi connectivity index (χ1v) is 7.23. The number of likely N-dealkylation sites (N-methyl/N-ethyl adjacent to an activating group) is 1.